The van der Waals surface area contributed by atoms with Crippen LogP contribution in [0.4, 0.5) is 10.5 Å². The highest BCUT2D eigenvalue weighted by atomic mass is 16.2. The molecular weight excluding hydrogens is 278 g/mol. The van der Waals surface area contributed by atoms with E-state index in [4.69, 9.17) is 0 Å². The van der Waals surface area contributed by atoms with Gasteiger partial charge in [0.1, 0.15) is 0 Å². The number of amides is 2. The molecule has 0 spiro atoms. The standard InChI is InChI=1S/C16H21N5O/c1-20-13-4-5-14(20)10-21(7-6-13)16(22)18-12-3-2-11-9-17-19-15(11)8-12/h2-3,8-9,13-14H,4-7,10H2,1H3,(H,17,19)(H,18,22)/t13-,14+/m0/s1. The molecule has 0 radical (unpaired) electrons. The molecule has 3 heterocycles. The van der Waals surface area contributed by atoms with Gasteiger partial charge >= 0.3 is 6.03 Å². The fourth-order valence-electron chi connectivity index (χ4n) is 3.71. The van der Waals surface area contributed by atoms with Crippen LogP contribution in [0.25, 0.3) is 10.9 Å². The van der Waals surface area contributed by atoms with Crippen LogP contribution in [0.3, 0.4) is 0 Å². The van der Waals surface area contributed by atoms with Gasteiger partial charge in [-0.1, -0.05) is 0 Å². The van der Waals surface area contributed by atoms with Gasteiger partial charge in [0.25, 0.3) is 0 Å². The molecule has 2 bridgehead atoms. The molecule has 2 fully saturated rings. The number of carbonyl (C=O) groups is 1. The summed E-state index contributed by atoms with van der Waals surface area (Å²) in [7, 11) is 2.19. The van der Waals surface area contributed by atoms with Crippen LogP contribution in [-0.2, 0) is 0 Å². The highest BCUT2D eigenvalue weighted by molar-refractivity contribution is 5.92. The van der Waals surface area contributed by atoms with Gasteiger partial charge in [0.15, 0.2) is 0 Å². The molecule has 6 heteroatoms. The van der Waals surface area contributed by atoms with E-state index in [9.17, 15) is 4.79 Å². The molecule has 2 saturated heterocycles. The first-order valence-electron chi connectivity index (χ1n) is 7.92. The van der Waals surface area contributed by atoms with Gasteiger partial charge in [-0.15, -0.1) is 0 Å². The van der Waals surface area contributed by atoms with E-state index >= 15 is 0 Å². The SMILES string of the molecule is CN1[C@H]2CC[C@@H]1CN(C(=O)Nc1ccc3cn[nH]c3c1)CC2. The molecule has 22 heavy (non-hydrogen) atoms. The number of hydrogen-bond acceptors (Lipinski definition) is 3. The van der Waals surface area contributed by atoms with Crippen molar-refractivity contribution in [3.8, 4) is 0 Å². The third-order valence-corrected chi connectivity index (χ3v) is 5.13. The van der Waals surface area contributed by atoms with E-state index in [0.29, 0.717) is 12.1 Å². The summed E-state index contributed by atoms with van der Waals surface area (Å²) in [4.78, 5) is 17.0. The summed E-state index contributed by atoms with van der Waals surface area (Å²) in [6, 6.07) is 6.96. The first kappa shape index (κ1) is 13.6. The average Bonchev–Trinajstić information content (AvgIpc) is 3.03. The number of H-pyrrole nitrogens is 1. The van der Waals surface area contributed by atoms with E-state index in [1.807, 2.05) is 23.1 Å². The van der Waals surface area contributed by atoms with Crippen molar-refractivity contribution in [3.05, 3.63) is 24.4 Å². The molecule has 2 N–H and O–H groups in total. The lowest BCUT2D eigenvalue weighted by Gasteiger charge is -2.26. The van der Waals surface area contributed by atoms with Crippen molar-refractivity contribution >= 4 is 22.6 Å². The zero-order valence-corrected chi connectivity index (χ0v) is 12.7. The molecule has 4 rings (SSSR count). The monoisotopic (exact) mass is 299 g/mol. The number of benzene rings is 1. The normalized spacial score (nSPS) is 25.4. The molecule has 2 aromatic rings. The van der Waals surface area contributed by atoms with Crippen LogP contribution in [0.5, 0.6) is 0 Å². The first-order valence-corrected chi connectivity index (χ1v) is 7.92. The number of likely N-dealkylation sites (tertiary alicyclic amines) is 1. The van der Waals surface area contributed by atoms with Crippen molar-refractivity contribution in [2.75, 3.05) is 25.5 Å². The molecule has 0 unspecified atom stereocenters. The van der Waals surface area contributed by atoms with Gasteiger partial charge in [-0.2, -0.15) is 5.10 Å². The summed E-state index contributed by atoms with van der Waals surface area (Å²) >= 11 is 0. The van der Waals surface area contributed by atoms with Gasteiger partial charge in [0.05, 0.1) is 11.7 Å². The summed E-state index contributed by atoms with van der Waals surface area (Å²) in [5.74, 6) is 0. The Morgan fingerprint density at radius 2 is 2.18 bits per heavy atom. The van der Waals surface area contributed by atoms with Crippen LogP contribution in [0, 0.1) is 0 Å². The Morgan fingerprint density at radius 3 is 3.09 bits per heavy atom. The Morgan fingerprint density at radius 1 is 1.32 bits per heavy atom. The summed E-state index contributed by atoms with van der Waals surface area (Å²) in [6.45, 7) is 1.66. The third-order valence-electron chi connectivity index (χ3n) is 5.13. The van der Waals surface area contributed by atoms with Gasteiger partial charge in [-0.05, 0) is 44.5 Å². The van der Waals surface area contributed by atoms with E-state index in [0.717, 1.165) is 36.1 Å². The highest BCUT2D eigenvalue weighted by Gasteiger charge is 2.35. The average molecular weight is 299 g/mol. The molecule has 2 atom stereocenters. The Hall–Kier alpha value is -2.08. The predicted molar refractivity (Wildman–Crippen MR) is 85.9 cm³/mol. The molecule has 1 aromatic heterocycles. The third kappa shape index (κ3) is 2.33. The number of carbonyl (C=O) groups excluding carboxylic acids is 1. The number of aromatic amines is 1. The second kappa shape index (κ2) is 5.28. The van der Waals surface area contributed by atoms with Crippen molar-refractivity contribution in [1.82, 2.24) is 20.0 Å². The van der Waals surface area contributed by atoms with Crippen molar-refractivity contribution < 1.29 is 4.79 Å². The molecule has 2 aliphatic heterocycles. The number of aromatic nitrogens is 2. The van der Waals surface area contributed by atoms with E-state index in [1.165, 1.54) is 12.8 Å². The van der Waals surface area contributed by atoms with Crippen LogP contribution >= 0.6 is 0 Å². The fraction of sp³-hybridized carbons (Fsp3) is 0.500. The minimum atomic E-state index is -0.000171. The Balaban J connectivity index is 1.47. The van der Waals surface area contributed by atoms with E-state index in [1.54, 1.807) is 6.20 Å². The predicted octanol–water partition coefficient (Wildman–Crippen LogP) is 2.26. The topological polar surface area (TPSA) is 64.3 Å². The minimum Gasteiger partial charge on any atom is -0.323 e. The second-order valence-corrected chi connectivity index (χ2v) is 6.39. The van der Waals surface area contributed by atoms with E-state index in [2.05, 4.69) is 27.5 Å². The molecule has 6 nitrogen and oxygen atoms in total. The van der Waals surface area contributed by atoms with Gasteiger partial charge < -0.3 is 10.2 Å². The summed E-state index contributed by atoms with van der Waals surface area (Å²) < 4.78 is 0. The Labute approximate surface area is 129 Å². The zero-order valence-electron chi connectivity index (χ0n) is 12.7. The molecule has 0 aliphatic carbocycles. The smallest absolute Gasteiger partial charge is 0.321 e. The van der Waals surface area contributed by atoms with Crippen molar-refractivity contribution in [1.29, 1.82) is 0 Å². The maximum atomic E-state index is 12.5. The van der Waals surface area contributed by atoms with Gasteiger partial charge in [-0.25, -0.2) is 4.79 Å². The van der Waals surface area contributed by atoms with Crippen molar-refractivity contribution in [2.24, 2.45) is 0 Å². The van der Waals surface area contributed by atoms with Gasteiger partial charge in [0.2, 0.25) is 0 Å². The van der Waals surface area contributed by atoms with Crippen LogP contribution in [0.1, 0.15) is 19.3 Å². The molecule has 1 aromatic carbocycles. The minimum absolute atomic E-state index is 0.000171. The lowest BCUT2D eigenvalue weighted by molar-refractivity contribution is 0.200. The lowest BCUT2D eigenvalue weighted by atomic mass is 10.1. The Bertz CT molecular complexity index is 697. The summed E-state index contributed by atoms with van der Waals surface area (Å²) in [6.07, 6.45) is 5.32. The summed E-state index contributed by atoms with van der Waals surface area (Å²) in [5, 5.41) is 11.0. The van der Waals surface area contributed by atoms with E-state index < -0.39 is 0 Å². The number of urea groups is 1. The molecule has 0 saturated carbocycles. The Kier molecular flexibility index (Phi) is 3.26. The first-order chi connectivity index (χ1) is 10.7. The number of fused-ring (bicyclic) bond motifs is 3. The lowest BCUT2D eigenvalue weighted by Crippen LogP contribution is -2.41. The molecule has 116 valence electrons. The van der Waals surface area contributed by atoms with Crippen LogP contribution < -0.4 is 5.32 Å². The zero-order chi connectivity index (χ0) is 15.1. The molecular formula is C16H21N5O. The summed E-state index contributed by atoms with van der Waals surface area (Å²) in [5.41, 5.74) is 1.75. The van der Waals surface area contributed by atoms with Gasteiger partial charge in [0, 0.05) is 36.2 Å². The number of anilines is 1. The number of hydrogen-bond donors (Lipinski definition) is 2. The number of nitrogens with one attached hydrogen (secondary N) is 2. The largest absolute Gasteiger partial charge is 0.323 e. The van der Waals surface area contributed by atoms with Crippen molar-refractivity contribution in [3.63, 3.8) is 0 Å². The number of rotatable bonds is 1. The quantitative estimate of drug-likeness (QED) is 0.849. The van der Waals surface area contributed by atoms with Crippen LogP contribution in [0.15, 0.2) is 24.4 Å². The second-order valence-electron chi connectivity index (χ2n) is 6.39. The number of likely N-dealkylation sites (N-methyl/N-ethyl adjacent to an activating group) is 1. The molecule has 2 amide bonds. The van der Waals surface area contributed by atoms with Gasteiger partial charge in [-0.3, -0.25) is 10.00 Å². The van der Waals surface area contributed by atoms with Crippen LogP contribution in [0.2, 0.25) is 0 Å². The van der Waals surface area contributed by atoms with Crippen LogP contribution in [-0.4, -0.2) is 58.2 Å². The van der Waals surface area contributed by atoms with Crippen molar-refractivity contribution in [2.45, 2.75) is 31.3 Å². The maximum absolute atomic E-state index is 12.5. The van der Waals surface area contributed by atoms with E-state index in [-0.39, 0.29) is 6.03 Å². The highest BCUT2D eigenvalue weighted by Crippen LogP contribution is 2.28. The fourth-order valence-corrected chi connectivity index (χ4v) is 3.71. The number of nitrogens with zero attached hydrogens (tertiary/aromatic N) is 3. The molecule has 2 aliphatic rings. The maximum Gasteiger partial charge on any atom is 0.321 e.